The van der Waals surface area contributed by atoms with E-state index in [1.165, 1.54) is 12.1 Å². The van der Waals surface area contributed by atoms with Crippen molar-refractivity contribution in [3.8, 4) is 0 Å². The monoisotopic (exact) mass is 294 g/mol. The lowest BCUT2D eigenvalue weighted by atomic mass is 9.93. The van der Waals surface area contributed by atoms with Crippen molar-refractivity contribution in [1.82, 2.24) is 0 Å². The Morgan fingerprint density at radius 1 is 0.905 bits per heavy atom. The van der Waals surface area contributed by atoms with E-state index >= 15 is 0 Å². The van der Waals surface area contributed by atoms with E-state index in [0.29, 0.717) is 5.56 Å². The molecule has 1 unspecified atom stereocenters. The zero-order chi connectivity index (χ0) is 15.8. The van der Waals surface area contributed by atoms with Gasteiger partial charge in [0.1, 0.15) is 6.10 Å². The number of aliphatic hydroxyl groups is 1. The normalized spacial score (nSPS) is 13.3. The Kier molecular flexibility index (Phi) is 4.10. The highest BCUT2D eigenvalue weighted by atomic mass is 19.4. The zero-order valence-electron chi connectivity index (χ0n) is 12.1. The Morgan fingerprint density at radius 3 is 2.14 bits per heavy atom. The Bertz CT molecular complexity index is 660. The van der Waals surface area contributed by atoms with Gasteiger partial charge in [0.15, 0.2) is 0 Å². The molecule has 0 saturated heterocycles. The average molecular weight is 294 g/mol. The van der Waals surface area contributed by atoms with Crippen molar-refractivity contribution in [2.45, 2.75) is 33.1 Å². The molecule has 2 aromatic rings. The summed E-state index contributed by atoms with van der Waals surface area (Å²) < 4.78 is 38.2. The van der Waals surface area contributed by atoms with Crippen LogP contribution in [-0.2, 0) is 6.18 Å². The van der Waals surface area contributed by atoms with Crippen LogP contribution in [0.4, 0.5) is 13.2 Å². The molecule has 0 heterocycles. The highest BCUT2D eigenvalue weighted by Gasteiger charge is 2.31. The lowest BCUT2D eigenvalue weighted by Gasteiger charge is -2.17. The Balaban J connectivity index is 2.45. The number of rotatable bonds is 2. The molecule has 0 aliphatic carbocycles. The minimum atomic E-state index is -4.41. The molecule has 0 aliphatic rings. The van der Waals surface area contributed by atoms with Gasteiger partial charge in [-0.15, -0.1) is 0 Å². The smallest absolute Gasteiger partial charge is 0.384 e. The van der Waals surface area contributed by atoms with Gasteiger partial charge < -0.3 is 5.11 Å². The molecule has 1 N–H and O–H groups in total. The van der Waals surface area contributed by atoms with Gasteiger partial charge in [0.2, 0.25) is 0 Å². The molecule has 0 spiro atoms. The van der Waals surface area contributed by atoms with E-state index in [0.717, 1.165) is 28.8 Å². The van der Waals surface area contributed by atoms with Crippen LogP contribution in [0.3, 0.4) is 0 Å². The molecule has 2 rings (SSSR count). The highest BCUT2D eigenvalue weighted by molar-refractivity contribution is 5.42. The van der Waals surface area contributed by atoms with Gasteiger partial charge in [-0.3, -0.25) is 0 Å². The summed E-state index contributed by atoms with van der Waals surface area (Å²) >= 11 is 0. The fourth-order valence-corrected chi connectivity index (χ4v) is 2.34. The third kappa shape index (κ3) is 3.27. The Hall–Kier alpha value is -1.81. The van der Waals surface area contributed by atoms with E-state index in [4.69, 9.17) is 0 Å². The molecule has 21 heavy (non-hydrogen) atoms. The molecule has 0 aromatic heterocycles. The van der Waals surface area contributed by atoms with Gasteiger partial charge in [-0.2, -0.15) is 13.2 Å². The minimum absolute atomic E-state index is 0.246. The summed E-state index contributed by atoms with van der Waals surface area (Å²) in [6.45, 7) is 5.72. The summed E-state index contributed by atoms with van der Waals surface area (Å²) in [5.74, 6) is 0. The fraction of sp³-hybridized carbons (Fsp3) is 0.294. The number of hydrogen-bond acceptors (Lipinski definition) is 1. The maximum Gasteiger partial charge on any atom is 0.416 e. The second-order valence-electron chi connectivity index (χ2n) is 5.32. The van der Waals surface area contributed by atoms with Crippen molar-refractivity contribution in [3.63, 3.8) is 0 Å². The summed E-state index contributed by atoms with van der Waals surface area (Å²) in [4.78, 5) is 0. The van der Waals surface area contributed by atoms with Crippen molar-refractivity contribution < 1.29 is 18.3 Å². The van der Waals surface area contributed by atoms with Crippen molar-refractivity contribution in [3.05, 3.63) is 69.8 Å². The van der Waals surface area contributed by atoms with Gasteiger partial charge in [-0.25, -0.2) is 0 Å². The Morgan fingerprint density at radius 2 is 1.52 bits per heavy atom. The van der Waals surface area contributed by atoms with Gasteiger partial charge in [0.25, 0.3) is 0 Å². The number of alkyl halides is 3. The number of benzene rings is 2. The van der Waals surface area contributed by atoms with E-state index in [1.807, 2.05) is 32.9 Å². The molecule has 0 saturated carbocycles. The number of halogens is 3. The number of aryl methyl sites for hydroxylation is 3. The molecule has 0 radical (unpaired) electrons. The van der Waals surface area contributed by atoms with E-state index < -0.39 is 17.8 Å². The summed E-state index contributed by atoms with van der Waals surface area (Å²) in [5, 5.41) is 10.4. The first kappa shape index (κ1) is 15.6. The van der Waals surface area contributed by atoms with Crippen LogP contribution in [0.25, 0.3) is 0 Å². The second-order valence-corrected chi connectivity index (χ2v) is 5.32. The van der Waals surface area contributed by atoms with E-state index in [1.54, 1.807) is 0 Å². The molecule has 0 aliphatic heterocycles. The maximum atomic E-state index is 12.7. The lowest BCUT2D eigenvalue weighted by Crippen LogP contribution is -2.08. The van der Waals surface area contributed by atoms with Crippen molar-refractivity contribution in [1.29, 1.82) is 0 Å². The quantitative estimate of drug-likeness (QED) is 0.850. The molecule has 112 valence electrons. The summed E-state index contributed by atoms with van der Waals surface area (Å²) in [5.41, 5.74) is 3.09. The first-order valence-electron chi connectivity index (χ1n) is 6.63. The third-order valence-electron chi connectivity index (χ3n) is 3.71. The number of aliphatic hydroxyl groups excluding tert-OH is 1. The fourth-order valence-electron chi connectivity index (χ4n) is 2.34. The molecular formula is C17H17F3O. The van der Waals surface area contributed by atoms with Crippen LogP contribution in [0.2, 0.25) is 0 Å². The van der Waals surface area contributed by atoms with E-state index in [-0.39, 0.29) is 5.56 Å². The van der Waals surface area contributed by atoms with Crippen LogP contribution < -0.4 is 0 Å². The van der Waals surface area contributed by atoms with Crippen LogP contribution in [0, 0.1) is 20.8 Å². The minimum Gasteiger partial charge on any atom is -0.384 e. The first-order chi connectivity index (χ1) is 9.70. The predicted octanol–water partition coefficient (Wildman–Crippen LogP) is 4.71. The second kappa shape index (κ2) is 5.53. The van der Waals surface area contributed by atoms with Crippen LogP contribution >= 0.6 is 0 Å². The molecular weight excluding hydrogens is 277 g/mol. The molecule has 1 nitrogen and oxygen atoms in total. The topological polar surface area (TPSA) is 20.2 Å². The van der Waals surface area contributed by atoms with Gasteiger partial charge in [0.05, 0.1) is 5.56 Å². The average Bonchev–Trinajstić information content (AvgIpc) is 2.41. The van der Waals surface area contributed by atoms with Gasteiger partial charge in [-0.1, -0.05) is 24.3 Å². The SMILES string of the molecule is Cc1cc(C)c(C(O)c2cccc(C(F)(F)F)c2)cc1C. The highest BCUT2D eigenvalue weighted by Crippen LogP contribution is 2.33. The van der Waals surface area contributed by atoms with Crippen LogP contribution in [0.1, 0.15) is 39.5 Å². The van der Waals surface area contributed by atoms with Gasteiger partial charge >= 0.3 is 6.18 Å². The molecule has 2 aromatic carbocycles. The van der Waals surface area contributed by atoms with Crippen LogP contribution in [0.5, 0.6) is 0 Å². The zero-order valence-corrected chi connectivity index (χ0v) is 12.1. The Labute approximate surface area is 122 Å². The third-order valence-corrected chi connectivity index (χ3v) is 3.71. The summed E-state index contributed by atoms with van der Waals surface area (Å²) in [7, 11) is 0. The first-order valence-corrected chi connectivity index (χ1v) is 6.63. The van der Waals surface area contributed by atoms with Crippen LogP contribution in [-0.4, -0.2) is 5.11 Å². The van der Waals surface area contributed by atoms with Crippen molar-refractivity contribution >= 4 is 0 Å². The predicted molar refractivity (Wildman–Crippen MR) is 76.2 cm³/mol. The lowest BCUT2D eigenvalue weighted by molar-refractivity contribution is -0.137. The molecule has 1 atom stereocenters. The van der Waals surface area contributed by atoms with Gasteiger partial charge in [0, 0.05) is 0 Å². The van der Waals surface area contributed by atoms with Crippen molar-refractivity contribution in [2.75, 3.05) is 0 Å². The number of hydrogen-bond donors (Lipinski definition) is 1. The maximum absolute atomic E-state index is 12.7. The molecule has 0 fully saturated rings. The standard InChI is InChI=1S/C17H17F3O/c1-10-7-12(3)15(8-11(10)2)16(21)13-5-4-6-14(9-13)17(18,19)20/h4-9,16,21H,1-3H3. The van der Waals surface area contributed by atoms with E-state index in [9.17, 15) is 18.3 Å². The molecule has 4 heteroatoms. The summed E-state index contributed by atoms with van der Waals surface area (Å²) in [6.07, 6.45) is -5.47. The van der Waals surface area contributed by atoms with Gasteiger partial charge in [-0.05, 0) is 60.7 Å². The largest absolute Gasteiger partial charge is 0.416 e. The molecule has 0 bridgehead atoms. The molecule has 0 amide bonds. The van der Waals surface area contributed by atoms with Crippen molar-refractivity contribution in [2.24, 2.45) is 0 Å². The van der Waals surface area contributed by atoms with Crippen LogP contribution in [0.15, 0.2) is 36.4 Å². The summed E-state index contributed by atoms with van der Waals surface area (Å²) in [6, 6.07) is 8.59. The van der Waals surface area contributed by atoms with E-state index in [2.05, 4.69) is 0 Å².